The van der Waals surface area contributed by atoms with Crippen molar-refractivity contribution in [2.24, 2.45) is 5.92 Å². The average molecular weight is 242 g/mol. The minimum absolute atomic E-state index is 0.280. The summed E-state index contributed by atoms with van der Waals surface area (Å²) in [7, 11) is 0. The lowest BCUT2D eigenvalue weighted by Crippen LogP contribution is -2.27. The molecule has 0 heterocycles. The molecular weight excluding hydrogens is 225 g/mol. The predicted molar refractivity (Wildman–Crippen MR) is 61.9 cm³/mol. The Bertz CT molecular complexity index is 356. The SMILES string of the molecule is Cc1ccc([C@H]2CC[C@@H](C(F)(F)F)CC2)cc1. The largest absolute Gasteiger partial charge is 0.391 e. The maximum atomic E-state index is 12.5. The van der Waals surface area contributed by atoms with Crippen LogP contribution in [0.1, 0.15) is 42.7 Å². The maximum absolute atomic E-state index is 12.5. The molecule has 1 saturated carbocycles. The van der Waals surface area contributed by atoms with Gasteiger partial charge in [0.25, 0.3) is 0 Å². The van der Waals surface area contributed by atoms with Gasteiger partial charge in [-0.25, -0.2) is 0 Å². The molecule has 94 valence electrons. The average Bonchev–Trinajstić information content (AvgIpc) is 2.29. The molecule has 1 aromatic carbocycles. The van der Waals surface area contributed by atoms with Gasteiger partial charge in [-0.2, -0.15) is 13.2 Å². The number of alkyl halides is 3. The summed E-state index contributed by atoms with van der Waals surface area (Å²) in [4.78, 5) is 0. The number of hydrogen-bond acceptors (Lipinski definition) is 0. The van der Waals surface area contributed by atoms with Crippen LogP contribution in [0.3, 0.4) is 0 Å². The fourth-order valence-corrected chi connectivity index (χ4v) is 2.59. The Balaban J connectivity index is 1.97. The second-order valence-corrected chi connectivity index (χ2v) is 5.00. The Morgan fingerprint density at radius 2 is 1.47 bits per heavy atom. The molecule has 0 bridgehead atoms. The van der Waals surface area contributed by atoms with E-state index in [4.69, 9.17) is 0 Å². The number of halogens is 3. The van der Waals surface area contributed by atoms with Crippen LogP contribution in [0.15, 0.2) is 24.3 Å². The van der Waals surface area contributed by atoms with Gasteiger partial charge >= 0.3 is 6.18 Å². The molecule has 0 N–H and O–H groups in total. The van der Waals surface area contributed by atoms with Crippen LogP contribution < -0.4 is 0 Å². The van der Waals surface area contributed by atoms with Crippen LogP contribution in [0.5, 0.6) is 0 Å². The van der Waals surface area contributed by atoms with E-state index in [9.17, 15) is 13.2 Å². The predicted octanol–water partition coefficient (Wildman–Crippen LogP) is 4.83. The van der Waals surface area contributed by atoms with Crippen molar-refractivity contribution in [3.63, 3.8) is 0 Å². The summed E-state index contributed by atoms with van der Waals surface area (Å²) in [5, 5.41) is 0. The van der Waals surface area contributed by atoms with E-state index in [1.165, 1.54) is 11.1 Å². The van der Waals surface area contributed by atoms with E-state index in [0.29, 0.717) is 18.8 Å². The zero-order valence-corrected chi connectivity index (χ0v) is 9.93. The van der Waals surface area contributed by atoms with Crippen molar-refractivity contribution < 1.29 is 13.2 Å². The van der Waals surface area contributed by atoms with E-state index in [1.807, 2.05) is 31.2 Å². The minimum atomic E-state index is -4.00. The molecule has 0 saturated heterocycles. The second kappa shape index (κ2) is 4.71. The number of aryl methyl sites for hydroxylation is 1. The first-order valence-corrected chi connectivity index (χ1v) is 6.10. The van der Waals surface area contributed by atoms with Gasteiger partial charge in [0.1, 0.15) is 0 Å². The molecule has 3 heteroatoms. The lowest BCUT2D eigenvalue weighted by Gasteiger charge is -2.30. The fourth-order valence-electron chi connectivity index (χ4n) is 2.59. The molecule has 0 spiro atoms. The lowest BCUT2D eigenvalue weighted by molar-refractivity contribution is -0.182. The van der Waals surface area contributed by atoms with Gasteiger partial charge in [-0.05, 0) is 44.1 Å². The minimum Gasteiger partial charge on any atom is -0.171 e. The molecule has 0 nitrogen and oxygen atoms in total. The van der Waals surface area contributed by atoms with Gasteiger partial charge in [-0.1, -0.05) is 29.8 Å². The summed E-state index contributed by atoms with van der Waals surface area (Å²) in [6, 6.07) is 8.16. The van der Waals surface area contributed by atoms with Crippen molar-refractivity contribution in [3.05, 3.63) is 35.4 Å². The van der Waals surface area contributed by atoms with Gasteiger partial charge in [0.2, 0.25) is 0 Å². The normalized spacial score (nSPS) is 25.9. The van der Waals surface area contributed by atoms with Crippen LogP contribution >= 0.6 is 0 Å². The molecule has 2 rings (SSSR count). The summed E-state index contributed by atoms with van der Waals surface area (Å²) >= 11 is 0. The van der Waals surface area contributed by atoms with Crippen LogP contribution in [0.4, 0.5) is 13.2 Å². The third kappa shape index (κ3) is 3.02. The first-order valence-electron chi connectivity index (χ1n) is 6.10. The summed E-state index contributed by atoms with van der Waals surface area (Å²) < 4.78 is 37.6. The van der Waals surface area contributed by atoms with E-state index >= 15 is 0 Å². The topological polar surface area (TPSA) is 0 Å². The van der Waals surface area contributed by atoms with Gasteiger partial charge in [0.15, 0.2) is 0 Å². The Morgan fingerprint density at radius 1 is 0.941 bits per heavy atom. The molecule has 0 amide bonds. The number of benzene rings is 1. The second-order valence-electron chi connectivity index (χ2n) is 5.00. The quantitative estimate of drug-likeness (QED) is 0.661. The summed E-state index contributed by atoms with van der Waals surface area (Å²) in [6.45, 7) is 2.02. The standard InChI is InChI=1S/C14H17F3/c1-10-2-4-11(5-3-10)12-6-8-13(9-7-12)14(15,16)17/h2-5,12-13H,6-9H2,1H3/t12-,13+. The molecule has 1 aliphatic carbocycles. The van der Waals surface area contributed by atoms with Gasteiger partial charge in [0.05, 0.1) is 5.92 Å². The number of rotatable bonds is 1. The first-order chi connectivity index (χ1) is 7.97. The Kier molecular flexibility index (Phi) is 3.45. The molecule has 0 atom stereocenters. The van der Waals surface area contributed by atoms with Crippen molar-refractivity contribution >= 4 is 0 Å². The fraction of sp³-hybridized carbons (Fsp3) is 0.571. The van der Waals surface area contributed by atoms with E-state index < -0.39 is 12.1 Å². The highest BCUT2D eigenvalue weighted by Gasteiger charge is 2.41. The highest BCUT2D eigenvalue weighted by atomic mass is 19.4. The third-order valence-corrected chi connectivity index (χ3v) is 3.74. The Morgan fingerprint density at radius 3 is 1.94 bits per heavy atom. The summed E-state index contributed by atoms with van der Waals surface area (Å²) in [6.07, 6.45) is -2.12. The van der Waals surface area contributed by atoms with E-state index in [1.54, 1.807) is 0 Å². The van der Waals surface area contributed by atoms with Crippen molar-refractivity contribution in [2.75, 3.05) is 0 Å². The van der Waals surface area contributed by atoms with E-state index in [2.05, 4.69) is 0 Å². The van der Waals surface area contributed by atoms with Crippen molar-refractivity contribution in [1.29, 1.82) is 0 Å². The molecule has 17 heavy (non-hydrogen) atoms. The van der Waals surface area contributed by atoms with E-state index in [-0.39, 0.29) is 12.8 Å². The van der Waals surface area contributed by atoms with Gasteiger partial charge in [-0.3, -0.25) is 0 Å². The van der Waals surface area contributed by atoms with Crippen LogP contribution in [0.2, 0.25) is 0 Å². The third-order valence-electron chi connectivity index (χ3n) is 3.74. The maximum Gasteiger partial charge on any atom is 0.391 e. The van der Waals surface area contributed by atoms with E-state index in [0.717, 1.165) is 0 Å². The van der Waals surface area contributed by atoms with Crippen molar-refractivity contribution in [2.45, 2.75) is 44.7 Å². The molecule has 0 aliphatic heterocycles. The molecule has 1 aliphatic rings. The molecule has 0 radical (unpaired) electrons. The van der Waals surface area contributed by atoms with Crippen LogP contribution in [0, 0.1) is 12.8 Å². The van der Waals surface area contributed by atoms with Crippen molar-refractivity contribution in [1.82, 2.24) is 0 Å². The monoisotopic (exact) mass is 242 g/mol. The molecule has 0 unspecified atom stereocenters. The molecule has 1 aromatic rings. The van der Waals surface area contributed by atoms with Crippen LogP contribution in [-0.2, 0) is 0 Å². The first kappa shape index (κ1) is 12.5. The van der Waals surface area contributed by atoms with Gasteiger partial charge < -0.3 is 0 Å². The van der Waals surface area contributed by atoms with Crippen LogP contribution in [0.25, 0.3) is 0 Å². The van der Waals surface area contributed by atoms with Gasteiger partial charge in [0, 0.05) is 0 Å². The number of hydrogen-bond donors (Lipinski definition) is 0. The highest BCUT2D eigenvalue weighted by Crippen LogP contribution is 2.42. The highest BCUT2D eigenvalue weighted by molar-refractivity contribution is 5.24. The summed E-state index contributed by atoms with van der Waals surface area (Å²) in [5.74, 6) is -0.765. The molecule has 0 aromatic heterocycles. The van der Waals surface area contributed by atoms with Gasteiger partial charge in [-0.15, -0.1) is 0 Å². The Hall–Kier alpha value is -0.990. The molecule has 1 fully saturated rings. The van der Waals surface area contributed by atoms with Crippen molar-refractivity contribution in [3.8, 4) is 0 Å². The molecular formula is C14H17F3. The zero-order valence-electron chi connectivity index (χ0n) is 9.93. The zero-order chi connectivity index (χ0) is 12.5. The Labute approximate surface area is 99.8 Å². The van der Waals surface area contributed by atoms with Crippen LogP contribution in [-0.4, -0.2) is 6.18 Å². The summed E-state index contributed by atoms with van der Waals surface area (Å²) in [5.41, 5.74) is 2.38. The smallest absolute Gasteiger partial charge is 0.171 e. The lowest BCUT2D eigenvalue weighted by atomic mass is 9.78.